The molecule has 15 heavy (non-hydrogen) atoms. The molecule has 0 aliphatic carbocycles. The second kappa shape index (κ2) is 6.11. The number of carboxylic acids is 1. The van der Waals surface area contributed by atoms with Crippen molar-refractivity contribution in [2.24, 2.45) is 11.8 Å². The van der Waals surface area contributed by atoms with Crippen LogP contribution in [0.5, 0.6) is 0 Å². The molecule has 3 nitrogen and oxygen atoms in total. The largest absolute Gasteiger partial charge is 0.481 e. The van der Waals surface area contributed by atoms with Crippen LogP contribution in [-0.4, -0.2) is 35.6 Å². The summed E-state index contributed by atoms with van der Waals surface area (Å²) >= 11 is 0. The fourth-order valence-electron chi connectivity index (χ4n) is 2.48. The van der Waals surface area contributed by atoms with Crippen LogP contribution in [0.25, 0.3) is 0 Å². The number of carboxylic acid groups (broad SMARTS) is 1. The smallest absolute Gasteiger partial charge is 0.306 e. The summed E-state index contributed by atoms with van der Waals surface area (Å²) < 4.78 is 0. The van der Waals surface area contributed by atoms with Gasteiger partial charge in [-0.1, -0.05) is 13.8 Å². The first-order chi connectivity index (χ1) is 7.17. The van der Waals surface area contributed by atoms with Crippen molar-refractivity contribution in [2.45, 2.75) is 39.5 Å². The lowest BCUT2D eigenvalue weighted by Gasteiger charge is -2.32. The molecule has 1 heterocycles. The van der Waals surface area contributed by atoms with E-state index in [0.717, 1.165) is 25.9 Å². The van der Waals surface area contributed by atoms with Gasteiger partial charge >= 0.3 is 5.97 Å². The van der Waals surface area contributed by atoms with Crippen molar-refractivity contribution in [3.63, 3.8) is 0 Å². The molecule has 1 fully saturated rings. The highest BCUT2D eigenvalue weighted by molar-refractivity contribution is 5.69. The fourth-order valence-corrected chi connectivity index (χ4v) is 2.48. The molecular formula is C12H23NO2. The number of rotatable bonds is 5. The normalized spacial score (nSPS) is 25.1. The highest BCUT2D eigenvalue weighted by atomic mass is 16.4. The van der Waals surface area contributed by atoms with E-state index in [1.807, 2.05) is 6.92 Å². The molecule has 0 aromatic carbocycles. The minimum atomic E-state index is -0.619. The van der Waals surface area contributed by atoms with Crippen LogP contribution in [0.3, 0.4) is 0 Å². The molecule has 1 rings (SSSR count). The molecular weight excluding hydrogens is 190 g/mol. The molecule has 0 amide bonds. The zero-order chi connectivity index (χ0) is 11.3. The zero-order valence-corrected chi connectivity index (χ0v) is 9.91. The lowest BCUT2D eigenvalue weighted by molar-refractivity contribution is -0.142. The van der Waals surface area contributed by atoms with E-state index in [-0.39, 0.29) is 5.92 Å². The van der Waals surface area contributed by atoms with E-state index in [9.17, 15) is 4.79 Å². The third kappa shape index (κ3) is 3.82. The van der Waals surface area contributed by atoms with E-state index in [0.29, 0.717) is 5.92 Å². The summed E-state index contributed by atoms with van der Waals surface area (Å²) in [5, 5.41) is 9.01. The molecule has 0 radical (unpaired) electrons. The molecule has 1 aliphatic rings. The van der Waals surface area contributed by atoms with Gasteiger partial charge in [-0.25, -0.2) is 0 Å². The van der Waals surface area contributed by atoms with Crippen LogP contribution in [0, 0.1) is 11.8 Å². The Kier molecular flexibility index (Phi) is 5.09. The summed E-state index contributed by atoms with van der Waals surface area (Å²) in [6.45, 7) is 7.54. The van der Waals surface area contributed by atoms with Crippen molar-refractivity contribution in [2.75, 3.05) is 19.6 Å². The van der Waals surface area contributed by atoms with Crippen LogP contribution < -0.4 is 0 Å². The quantitative estimate of drug-likeness (QED) is 0.761. The fraction of sp³-hybridized carbons (Fsp3) is 0.917. The lowest BCUT2D eigenvalue weighted by atomic mass is 9.87. The second-order valence-corrected chi connectivity index (χ2v) is 4.58. The lowest BCUT2D eigenvalue weighted by Crippen LogP contribution is -2.36. The van der Waals surface area contributed by atoms with Gasteiger partial charge in [0.1, 0.15) is 0 Å². The van der Waals surface area contributed by atoms with Crippen LogP contribution in [0.4, 0.5) is 0 Å². The predicted octanol–water partition coefficient (Wildman–Crippen LogP) is 2.22. The molecule has 0 saturated carbocycles. The van der Waals surface area contributed by atoms with Crippen molar-refractivity contribution in [1.29, 1.82) is 0 Å². The summed E-state index contributed by atoms with van der Waals surface area (Å²) in [5.41, 5.74) is 0. The van der Waals surface area contributed by atoms with Gasteiger partial charge in [0.2, 0.25) is 0 Å². The predicted molar refractivity (Wildman–Crippen MR) is 60.9 cm³/mol. The van der Waals surface area contributed by atoms with E-state index in [1.54, 1.807) is 0 Å². The van der Waals surface area contributed by atoms with Gasteiger partial charge in [-0.3, -0.25) is 4.79 Å². The number of likely N-dealkylation sites (tertiary alicyclic amines) is 1. The minimum Gasteiger partial charge on any atom is -0.481 e. The molecule has 1 saturated heterocycles. The summed E-state index contributed by atoms with van der Waals surface area (Å²) in [6.07, 6.45) is 4.06. The van der Waals surface area contributed by atoms with Crippen molar-refractivity contribution in [1.82, 2.24) is 4.90 Å². The Morgan fingerprint density at radius 3 is 2.80 bits per heavy atom. The molecule has 1 N–H and O–H groups in total. The minimum absolute atomic E-state index is 0.133. The molecule has 3 heteroatoms. The van der Waals surface area contributed by atoms with Crippen LogP contribution in [0.15, 0.2) is 0 Å². The zero-order valence-electron chi connectivity index (χ0n) is 9.91. The Hall–Kier alpha value is -0.570. The van der Waals surface area contributed by atoms with Gasteiger partial charge in [-0.05, 0) is 44.7 Å². The first-order valence-corrected chi connectivity index (χ1v) is 6.12. The molecule has 0 aromatic rings. The third-order valence-corrected chi connectivity index (χ3v) is 3.51. The Morgan fingerprint density at radius 2 is 2.27 bits per heavy atom. The van der Waals surface area contributed by atoms with E-state index >= 15 is 0 Å². The van der Waals surface area contributed by atoms with Crippen molar-refractivity contribution < 1.29 is 9.90 Å². The summed E-state index contributed by atoms with van der Waals surface area (Å²) in [5.74, 6) is -0.155. The highest BCUT2D eigenvalue weighted by Gasteiger charge is 2.24. The van der Waals surface area contributed by atoms with Gasteiger partial charge < -0.3 is 10.0 Å². The van der Waals surface area contributed by atoms with Gasteiger partial charge in [-0.15, -0.1) is 0 Å². The highest BCUT2D eigenvalue weighted by Crippen LogP contribution is 2.24. The molecule has 1 aliphatic heterocycles. The van der Waals surface area contributed by atoms with Crippen LogP contribution in [-0.2, 0) is 4.79 Å². The number of hydrogen-bond acceptors (Lipinski definition) is 2. The number of aliphatic carboxylic acids is 1. The van der Waals surface area contributed by atoms with Gasteiger partial charge in [0.25, 0.3) is 0 Å². The topological polar surface area (TPSA) is 40.5 Å². The number of nitrogens with zero attached hydrogens (tertiary/aromatic N) is 1. The van der Waals surface area contributed by atoms with Gasteiger partial charge in [0, 0.05) is 6.54 Å². The maximum absolute atomic E-state index is 10.9. The molecule has 0 aromatic heterocycles. The second-order valence-electron chi connectivity index (χ2n) is 4.58. The van der Waals surface area contributed by atoms with Gasteiger partial charge in [0.15, 0.2) is 0 Å². The SMILES string of the molecule is CCC(CC1CCCN(CC)C1)C(=O)O. The Bertz CT molecular complexity index is 206. The van der Waals surface area contributed by atoms with Crippen LogP contribution >= 0.6 is 0 Å². The van der Waals surface area contributed by atoms with E-state index in [2.05, 4.69) is 11.8 Å². The number of hydrogen-bond donors (Lipinski definition) is 1. The maximum Gasteiger partial charge on any atom is 0.306 e. The van der Waals surface area contributed by atoms with Crippen molar-refractivity contribution >= 4 is 5.97 Å². The maximum atomic E-state index is 10.9. The standard InChI is InChI=1S/C12H23NO2/c1-3-11(12(14)15)8-10-6-5-7-13(4-2)9-10/h10-11H,3-9H2,1-2H3,(H,14,15). The first-order valence-electron chi connectivity index (χ1n) is 6.12. The monoisotopic (exact) mass is 213 g/mol. The molecule has 0 bridgehead atoms. The first kappa shape index (κ1) is 12.5. The van der Waals surface area contributed by atoms with Crippen LogP contribution in [0.2, 0.25) is 0 Å². The molecule has 0 spiro atoms. The van der Waals surface area contributed by atoms with Gasteiger partial charge in [-0.2, -0.15) is 0 Å². The number of piperidine rings is 1. The van der Waals surface area contributed by atoms with E-state index < -0.39 is 5.97 Å². The van der Waals surface area contributed by atoms with E-state index in [1.165, 1.54) is 19.4 Å². The Labute approximate surface area is 92.5 Å². The van der Waals surface area contributed by atoms with Gasteiger partial charge in [0.05, 0.1) is 5.92 Å². The average molecular weight is 213 g/mol. The Balaban J connectivity index is 2.39. The Morgan fingerprint density at radius 1 is 1.53 bits per heavy atom. The summed E-state index contributed by atoms with van der Waals surface area (Å²) in [6, 6.07) is 0. The van der Waals surface area contributed by atoms with Crippen LogP contribution in [0.1, 0.15) is 39.5 Å². The van der Waals surface area contributed by atoms with E-state index in [4.69, 9.17) is 5.11 Å². The van der Waals surface area contributed by atoms with Crippen molar-refractivity contribution in [3.05, 3.63) is 0 Å². The molecule has 2 atom stereocenters. The molecule has 2 unspecified atom stereocenters. The molecule has 88 valence electrons. The summed E-state index contributed by atoms with van der Waals surface area (Å²) in [7, 11) is 0. The average Bonchev–Trinajstić information content (AvgIpc) is 2.25. The third-order valence-electron chi connectivity index (χ3n) is 3.51. The summed E-state index contributed by atoms with van der Waals surface area (Å²) in [4.78, 5) is 13.4. The van der Waals surface area contributed by atoms with Crippen molar-refractivity contribution in [3.8, 4) is 0 Å². The number of carbonyl (C=O) groups is 1.